The summed E-state index contributed by atoms with van der Waals surface area (Å²) in [6.07, 6.45) is 2.04. The highest BCUT2D eigenvalue weighted by molar-refractivity contribution is 9.10. The van der Waals surface area contributed by atoms with Gasteiger partial charge in [-0.3, -0.25) is 0 Å². The predicted molar refractivity (Wildman–Crippen MR) is 71.7 cm³/mol. The first-order valence-corrected chi connectivity index (χ1v) is 6.58. The second-order valence-electron chi connectivity index (χ2n) is 4.01. The summed E-state index contributed by atoms with van der Waals surface area (Å²) in [5.41, 5.74) is 1.24. The smallest absolute Gasteiger partial charge is 0.363 e. The minimum Gasteiger partial charge on any atom is -0.380 e. The van der Waals surface area contributed by atoms with E-state index in [2.05, 4.69) is 21.9 Å². The molecule has 0 aliphatic heterocycles. The van der Waals surface area contributed by atoms with Crippen molar-refractivity contribution in [2.45, 2.75) is 36.6 Å². The number of unbranched alkanes of at least 4 members (excludes halogenated alkanes) is 1. The monoisotopic (exact) mass is 316 g/mol. The fourth-order valence-corrected chi connectivity index (χ4v) is 1.66. The Kier molecular flexibility index (Phi) is 6.31. The maximum atomic E-state index is 12.3. The van der Waals surface area contributed by atoms with E-state index >= 15 is 0 Å². The topological polar surface area (TPSA) is 20.2 Å². The van der Waals surface area contributed by atoms with Gasteiger partial charge in [0.1, 0.15) is 6.10 Å². The Morgan fingerprint density at radius 2 is 1.89 bits per heavy atom. The number of aliphatic hydroxyl groups is 1. The molecule has 1 atom stereocenters. The Morgan fingerprint density at radius 3 is 2.50 bits per heavy atom. The largest absolute Gasteiger partial charge is 0.380 e. The third kappa shape index (κ3) is 7.41. The second-order valence-corrected chi connectivity index (χ2v) is 5.01. The Hall–Kier alpha value is -0.920. The first kappa shape index (κ1) is 15.1. The zero-order valence-corrected chi connectivity index (χ0v) is 11.5. The Morgan fingerprint density at radius 1 is 1.22 bits per heavy atom. The number of halogens is 3. The number of aliphatic hydroxyl groups excluding tert-OH is 1. The van der Waals surface area contributed by atoms with E-state index < -0.39 is 10.9 Å². The van der Waals surface area contributed by atoms with E-state index in [-0.39, 0.29) is 0 Å². The lowest BCUT2D eigenvalue weighted by molar-refractivity contribution is 0.179. The fourth-order valence-electron chi connectivity index (χ4n) is 1.55. The second kappa shape index (κ2) is 7.50. The molecule has 1 N–H and O–H groups in total. The molecule has 0 aliphatic carbocycles. The van der Waals surface area contributed by atoms with Gasteiger partial charge in [0.2, 0.25) is 0 Å². The summed E-state index contributed by atoms with van der Waals surface area (Å²) in [5.74, 6) is 3.79. The van der Waals surface area contributed by atoms with Crippen molar-refractivity contribution < 1.29 is 13.9 Å². The normalized spacial score (nSPS) is 12.7. The SMILES string of the molecule is OC(C#CC(F)(F)Br)CCCCc1ccccc1. The van der Waals surface area contributed by atoms with Crippen molar-refractivity contribution in [3.8, 4) is 11.8 Å². The minimum absolute atomic E-state index is 0.420. The molecule has 0 fully saturated rings. The molecule has 98 valence electrons. The Bertz CT molecular complexity index is 403. The summed E-state index contributed by atoms with van der Waals surface area (Å²) in [4.78, 5) is -3.21. The maximum absolute atomic E-state index is 12.3. The summed E-state index contributed by atoms with van der Waals surface area (Å²) >= 11 is 2.10. The van der Waals surface area contributed by atoms with Gasteiger partial charge < -0.3 is 5.11 Å². The molecular formula is C14H15BrF2O. The number of benzene rings is 1. The van der Waals surface area contributed by atoms with E-state index in [1.54, 1.807) is 5.92 Å². The van der Waals surface area contributed by atoms with Crippen molar-refractivity contribution in [2.24, 2.45) is 0 Å². The van der Waals surface area contributed by atoms with Gasteiger partial charge in [0, 0.05) is 15.9 Å². The molecule has 0 heterocycles. The molecule has 0 bridgehead atoms. The number of aryl methyl sites for hydroxylation is 1. The van der Waals surface area contributed by atoms with Gasteiger partial charge in [-0.25, -0.2) is 0 Å². The first-order valence-electron chi connectivity index (χ1n) is 5.79. The van der Waals surface area contributed by atoms with Gasteiger partial charge >= 0.3 is 4.83 Å². The van der Waals surface area contributed by atoms with E-state index in [9.17, 15) is 13.9 Å². The van der Waals surface area contributed by atoms with Crippen LogP contribution in [0, 0.1) is 11.8 Å². The van der Waals surface area contributed by atoms with Gasteiger partial charge in [-0.2, -0.15) is 8.78 Å². The average Bonchev–Trinajstić information content (AvgIpc) is 2.33. The highest BCUT2D eigenvalue weighted by atomic mass is 79.9. The summed E-state index contributed by atoms with van der Waals surface area (Å²) in [7, 11) is 0. The van der Waals surface area contributed by atoms with E-state index in [1.165, 1.54) is 5.56 Å². The minimum atomic E-state index is -3.21. The van der Waals surface area contributed by atoms with Crippen molar-refractivity contribution in [3.05, 3.63) is 35.9 Å². The number of hydrogen-bond donors (Lipinski definition) is 1. The highest BCUT2D eigenvalue weighted by Crippen LogP contribution is 2.19. The van der Waals surface area contributed by atoms with Crippen LogP contribution in [0.5, 0.6) is 0 Å². The van der Waals surface area contributed by atoms with Crippen LogP contribution >= 0.6 is 15.9 Å². The molecule has 1 nitrogen and oxygen atoms in total. The van der Waals surface area contributed by atoms with E-state index in [1.807, 2.05) is 30.3 Å². The van der Waals surface area contributed by atoms with Crippen molar-refractivity contribution in [2.75, 3.05) is 0 Å². The number of hydrogen-bond acceptors (Lipinski definition) is 1. The molecule has 1 unspecified atom stereocenters. The molecule has 0 saturated carbocycles. The van der Waals surface area contributed by atoms with Crippen molar-refractivity contribution in [1.29, 1.82) is 0 Å². The lowest BCUT2D eigenvalue weighted by Crippen LogP contribution is -2.06. The molecule has 0 radical (unpaired) electrons. The molecular weight excluding hydrogens is 302 g/mol. The molecule has 0 aromatic heterocycles. The predicted octanol–water partition coefficient (Wildman–Crippen LogP) is 3.75. The van der Waals surface area contributed by atoms with Crippen LogP contribution in [-0.2, 0) is 6.42 Å². The lowest BCUT2D eigenvalue weighted by Gasteiger charge is -2.04. The average molecular weight is 317 g/mol. The van der Waals surface area contributed by atoms with Gasteiger partial charge in [-0.15, -0.1) is 0 Å². The molecule has 0 aliphatic rings. The fraction of sp³-hybridized carbons (Fsp3) is 0.429. The Labute approximate surface area is 114 Å². The van der Waals surface area contributed by atoms with Crippen LogP contribution in [0.15, 0.2) is 30.3 Å². The zero-order chi connectivity index (χ0) is 13.4. The molecule has 4 heteroatoms. The van der Waals surface area contributed by atoms with Gasteiger partial charge in [0.25, 0.3) is 0 Å². The zero-order valence-electron chi connectivity index (χ0n) is 9.87. The van der Waals surface area contributed by atoms with Gasteiger partial charge in [0.15, 0.2) is 0 Å². The lowest BCUT2D eigenvalue weighted by atomic mass is 10.1. The van der Waals surface area contributed by atoms with Crippen molar-refractivity contribution in [3.63, 3.8) is 0 Å². The van der Waals surface area contributed by atoms with E-state index in [0.717, 1.165) is 19.3 Å². The molecule has 0 saturated heterocycles. The summed E-state index contributed by atoms with van der Waals surface area (Å²) < 4.78 is 24.6. The third-order valence-electron chi connectivity index (χ3n) is 2.42. The van der Waals surface area contributed by atoms with Crippen LogP contribution in [0.25, 0.3) is 0 Å². The van der Waals surface area contributed by atoms with Crippen LogP contribution in [0.3, 0.4) is 0 Å². The van der Waals surface area contributed by atoms with Crippen LogP contribution in [0.4, 0.5) is 8.78 Å². The number of alkyl halides is 3. The molecule has 1 aromatic rings. The van der Waals surface area contributed by atoms with Crippen molar-refractivity contribution >= 4 is 15.9 Å². The van der Waals surface area contributed by atoms with Crippen LogP contribution in [-0.4, -0.2) is 16.0 Å². The Balaban J connectivity index is 2.20. The standard InChI is InChI=1S/C14H15BrF2O/c15-14(16,17)11-10-13(18)9-5-4-8-12-6-2-1-3-7-12/h1-3,6-7,13,18H,4-5,8-9H2. The quantitative estimate of drug-likeness (QED) is 0.498. The van der Waals surface area contributed by atoms with Crippen LogP contribution in [0.2, 0.25) is 0 Å². The van der Waals surface area contributed by atoms with Gasteiger partial charge in [-0.05, 0) is 37.2 Å². The van der Waals surface area contributed by atoms with Crippen LogP contribution < -0.4 is 0 Å². The molecule has 1 aromatic carbocycles. The molecule has 0 amide bonds. The van der Waals surface area contributed by atoms with E-state index in [0.29, 0.717) is 6.42 Å². The summed E-state index contributed by atoms with van der Waals surface area (Å²) in [5, 5.41) is 9.38. The first-order chi connectivity index (χ1) is 8.47. The summed E-state index contributed by atoms with van der Waals surface area (Å²) in [6, 6.07) is 10.0. The third-order valence-corrected chi connectivity index (χ3v) is 2.61. The highest BCUT2D eigenvalue weighted by Gasteiger charge is 2.19. The van der Waals surface area contributed by atoms with Crippen LogP contribution in [0.1, 0.15) is 24.8 Å². The van der Waals surface area contributed by atoms with Gasteiger partial charge in [0.05, 0.1) is 0 Å². The molecule has 0 spiro atoms. The van der Waals surface area contributed by atoms with Crippen molar-refractivity contribution in [1.82, 2.24) is 0 Å². The van der Waals surface area contributed by atoms with E-state index in [4.69, 9.17) is 0 Å². The molecule has 18 heavy (non-hydrogen) atoms. The maximum Gasteiger partial charge on any atom is 0.363 e. The number of rotatable bonds is 5. The van der Waals surface area contributed by atoms with Gasteiger partial charge in [-0.1, -0.05) is 36.3 Å². The molecule has 1 rings (SSSR count). The summed E-state index contributed by atoms with van der Waals surface area (Å²) in [6.45, 7) is 0.